The number of carbonyl (C=O) groups excluding carboxylic acids is 1. The summed E-state index contributed by atoms with van der Waals surface area (Å²) in [5.74, 6) is 3.32. The molecular formula is C21H27N5O3. The molecule has 0 saturated carbocycles. The maximum atomic E-state index is 12.2. The van der Waals surface area contributed by atoms with Crippen LogP contribution in [-0.4, -0.2) is 34.1 Å². The second-order valence-corrected chi connectivity index (χ2v) is 8.12. The fourth-order valence-electron chi connectivity index (χ4n) is 4.10. The lowest BCUT2D eigenvalue weighted by Gasteiger charge is -2.36. The SMILES string of the molecule is Cc1noc2nc(CCC(=O)NCc3ccco3)nc(N3C[C@H](C)C[C@H](C)C3)c12. The molecule has 1 N–H and O–H groups in total. The Balaban J connectivity index is 1.50. The molecule has 0 bridgehead atoms. The number of amides is 1. The third-order valence-corrected chi connectivity index (χ3v) is 5.32. The second-order valence-electron chi connectivity index (χ2n) is 8.12. The van der Waals surface area contributed by atoms with E-state index in [0.29, 0.717) is 42.8 Å². The van der Waals surface area contributed by atoms with Crippen molar-refractivity contribution in [2.24, 2.45) is 11.8 Å². The number of aromatic nitrogens is 3. The first-order valence-corrected chi connectivity index (χ1v) is 10.2. The summed E-state index contributed by atoms with van der Waals surface area (Å²) in [5.41, 5.74) is 1.29. The number of hydrogen-bond acceptors (Lipinski definition) is 7. The average molecular weight is 397 g/mol. The van der Waals surface area contributed by atoms with Crippen LogP contribution in [0.15, 0.2) is 27.3 Å². The van der Waals surface area contributed by atoms with E-state index in [9.17, 15) is 4.79 Å². The number of anilines is 1. The number of rotatable bonds is 6. The van der Waals surface area contributed by atoms with Crippen molar-refractivity contribution in [3.8, 4) is 0 Å². The Labute approximate surface area is 169 Å². The van der Waals surface area contributed by atoms with Gasteiger partial charge in [0.25, 0.3) is 5.71 Å². The number of hydrogen-bond donors (Lipinski definition) is 1. The minimum absolute atomic E-state index is 0.0689. The number of carbonyl (C=O) groups is 1. The normalized spacial score (nSPS) is 19.6. The molecule has 8 heteroatoms. The summed E-state index contributed by atoms with van der Waals surface area (Å²) in [6.45, 7) is 8.73. The van der Waals surface area contributed by atoms with Gasteiger partial charge in [-0.05, 0) is 37.3 Å². The zero-order valence-electron chi connectivity index (χ0n) is 17.1. The van der Waals surface area contributed by atoms with Crippen molar-refractivity contribution >= 4 is 22.8 Å². The van der Waals surface area contributed by atoms with E-state index in [0.717, 1.165) is 35.7 Å². The number of piperidine rings is 1. The highest BCUT2D eigenvalue weighted by Crippen LogP contribution is 2.31. The molecule has 1 saturated heterocycles. The van der Waals surface area contributed by atoms with Crippen LogP contribution < -0.4 is 10.2 Å². The van der Waals surface area contributed by atoms with Crippen LogP contribution in [0.2, 0.25) is 0 Å². The van der Waals surface area contributed by atoms with Gasteiger partial charge >= 0.3 is 0 Å². The van der Waals surface area contributed by atoms with Gasteiger partial charge < -0.3 is 19.2 Å². The molecule has 154 valence electrons. The van der Waals surface area contributed by atoms with Gasteiger partial charge in [-0.1, -0.05) is 19.0 Å². The van der Waals surface area contributed by atoms with Crippen LogP contribution in [0.1, 0.15) is 44.0 Å². The molecule has 8 nitrogen and oxygen atoms in total. The Morgan fingerprint density at radius 1 is 1.28 bits per heavy atom. The van der Waals surface area contributed by atoms with E-state index in [-0.39, 0.29) is 5.91 Å². The predicted octanol–water partition coefficient (Wildman–Crippen LogP) is 3.25. The van der Waals surface area contributed by atoms with Gasteiger partial charge in [-0.2, -0.15) is 4.98 Å². The molecule has 4 heterocycles. The van der Waals surface area contributed by atoms with Crippen molar-refractivity contribution in [2.75, 3.05) is 18.0 Å². The Bertz CT molecular complexity index is 972. The highest BCUT2D eigenvalue weighted by molar-refractivity contribution is 5.88. The molecule has 0 aliphatic carbocycles. The van der Waals surface area contributed by atoms with Crippen molar-refractivity contribution < 1.29 is 13.7 Å². The van der Waals surface area contributed by atoms with Crippen LogP contribution in [0.4, 0.5) is 5.82 Å². The third kappa shape index (κ3) is 4.41. The Hall–Kier alpha value is -2.90. The van der Waals surface area contributed by atoms with Gasteiger partial charge in [-0.3, -0.25) is 4.79 Å². The molecule has 1 aliphatic rings. The zero-order valence-corrected chi connectivity index (χ0v) is 17.1. The molecule has 0 spiro atoms. The van der Waals surface area contributed by atoms with E-state index in [1.165, 1.54) is 6.42 Å². The summed E-state index contributed by atoms with van der Waals surface area (Å²) >= 11 is 0. The average Bonchev–Trinajstić information content (AvgIpc) is 3.33. The topological polar surface area (TPSA) is 97.3 Å². The first kappa shape index (κ1) is 19.4. The van der Waals surface area contributed by atoms with Gasteiger partial charge in [0.15, 0.2) is 0 Å². The summed E-state index contributed by atoms with van der Waals surface area (Å²) in [5, 5.41) is 7.81. The molecular weight excluding hydrogens is 370 g/mol. The number of aryl methyl sites for hydroxylation is 2. The van der Waals surface area contributed by atoms with Crippen molar-refractivity contribution in [3.63, 3.8) is 0 Å². The summed E-state index contributed by atoms with van der Waals surface area (Å²) in [6.07, 6.45) is 3.54. The first-order chi connectivity index (χ1) is 14.0. The quantitative estimate of drug-likeness (QED) is 0.682. The van der Waals surface area contributed by atoms with Crippen molar-refractivity contribution in [1.29, 1.82) is 0 Å². The van der Waals surface area contributed by atoms with Crippen LogP contribution in [0, 0.1) is 18.8 Å². The van der Waals surface area contributed by atoms with Crippen LogP contribution in [0.3, 0.4) is 0 Å². The van der Waals surface area contributed by atoms with E-state index < -0.39 is 0 Å². The summed E-state index contributed by atoms with van der Waals surface area (Å²) in [6, 6.07) is 3.63. The molecule has 3 aromatic heterocycles. The molecule has 0 radical (unpaired) electrons. The summed E-state index contributed by atoms with van der Waals surface area (Å²) in [4.78, 5) is 23.8. The fourth-order valence-corrected chi connectivity index (χ4v) is 4.10. The summed E-state index contributed by atoms with van der Waals surface area (Å²) in [7, 11) is 0. The maximum absolute atomic E-state index is 12.2. The standard InChI is InChI=1S/C21H27N5O3/c1-13-9-14(2)12-26(11-13)20-19-15(3)25-29-21(19)24-17(23-20)6-7-18(27)22-10-16-5-4-8-28-16/h4-5,8,13-14H,6-7,9-12H2,1-3H3,(H,22,27)/t13-,14+. The largest absolute Gasteiger partial charge is 0.467 e. The highest BCUT2D eigenvalue weighted by atomic mass is 16.5. The Kier molecular flexibility index (Phi) is 5.51. The second kappa shape index (κ2) is 8.23. The van der Waals surface area contributed by atoms with Crippen molar-refractivity contribution in [3.05, 3.63) is 35.7 Å². The van der Waals surface area contributed by atoms with Gasteiger partial charge in [0.05, 0.1) is 18.5 Å². The zero-order chi connectivity index (χ0) is 20.4. The van der Waals surface area contributed by atoms with E-state index in [1.807, 2.05) is 13.0 Å². The number of nitrogens with one attached hydrogen (secondary N) is 1. The molecule has 29 heavy (non-hydrogen) atoms. The Morgan fingerprint density at radius 2 is 2.07 bits per heavy atom. The van der Waals surface area contributed by atoms with Gasteiger partial charge in [0, 0.05) is 25.9 Å². The molecule has 0 aromatic carbocycles. The van der Waals surface area contributed by atoms with Crippen molar-refractivity contribution in [1.82, 2.24) is 20.4 Å². The van der Waals surface area contributed by atoms with Crippen LogP contribution in [0.25, 0.3) is 11.1 Å². The fraction of sp³-hybridized carbons (Fsp3) is 0.524. The highest BCUT2D eigenvalue weighted by Gasteiger charge is 2.27. The minimum atomic E-state index is -0.0689. The van der Waals surface area contributed by atoms with Crippen LogP contribution in [0.5, 0.6) is 0 Å². The van der Waals surface area contributed by atoms with Gasteiger partial charge in [-0.25, -0.2) is 4.98 Å². The van der Waals surface area contributed by atoms with Gasteiger partial charge in [0.2, 0.25) is 5.91 Å². The van der Waals surface area contributed by atoms with E-state index >= 15 is 0 Å². The maximum Gasteiger partial charge on any atom is 0.263 e. The third-order valence-electron chi connectivity index (χ3n) is 5.32. The van der Waals surface area contributed by atoms with E-state index in [1.54, 1.807) is 12.3 Å². The van der Waals surface area contributed by atoms with E-state index in [4.69, 9.17) is 13.9 Å². The number of furan rings is 1. The lowest BCUT2D eigenvalue weighted by atomic mass is 9.92. The van der Waals surface area contributed by atoms with Crippen LogP contribution in [-0.2, 0) is 17.8 Å². The molecule has 0 unspecified atom stereocenters. The van der Waals surface area contributed by atoms with Gasteiger partial charge in [0.1, 0.15) is 22.8 Å². The minimum Gasteiger partial charge on any atom is -0.467 e. The monoisotopic (exact) mass is 397 g/mol. The van der Waals surface area contributed by atoms with Gasteiger partial charge in [-0.15, -0.1) is 0 Å². The molecule has 2 atom stereocenters. The lowest BCUT2D eigenvalue weighted by Crippen LogP contribution is -2.39. The van der Waals surface area contributed by atoms with E-state index in [2.05, 4.69) is 34.2 Å². The Morgan fingerprint density at radius 3 is 2.79 bits per heavy atom. The number of nitrogens with zero attached hydrogens (tertiary/aromatic N) is 4. The number of fused-ring (bicyclic) bond motifs is 1. The molecule has 1 amide bonds. The molecule has 3 aromatic rings. The molecule has 1 aliphatic heterocycles. The lowest BCUT2D eigenvalue weighted by molar-refractivity contribution is -0.121. The first-order valence-electron chi connectivity index (χ1n) is 10.2. The predicted molar refractivity (Wildman–Crippen MR) is 108 cm³/mol. The smallest absolute Gasteiger partial charge is 0.263 e. The molecule has 1 fully saturated rings. The molecule has 4 rings (SSSR count). The summed E-state index contributed by atoms with van der Waals surface area (Å²) < 4.78 is 10.7. The van der Waals surface area contributed by atoms with Crippen molar-refractivity contribution in [2.45, 2.75) is 46.6 Å². The van der Waals surface area contributed by atoms with Crippen LogP contribution >= 0.6 is 0 Å².